The van der Waals surface area contributed by atoms with Gasteiger partial charge in [-0.25, -0.2) is 4.68 Å². The number of carbonyl (C=O) groups excluding carboxylic acids is 1. The first-order chi connectivity index (χ1) is 10.6. The standard InChI is InChI=1S/C18H19N3O/c1-12(2)10-21-18(19)16(11-22)17(20-21)15-8-7-13-5-3-4-6-14(13)9-15/h3-9,11-12H,10,19H2,1-2H3. The first kappa shape index (κ1) is 14.3. The van der Waals surface area contributed by atoms with Gasteiger partial charge in [0, 0.05) is 12.1 Å². The highest BCUT2D eigenvalue weighted by Crippen LogP contribution is 2.29. The Morgan fingerprint density at radius 3 is 2.59 bits per heavy atom. The summed E-state index contributed by atoms with van der Waals surface area (Å²) >= 11 is 0. The molecule has 3 rings (SSSR count). The number of fused-ring (bicyclic) bond motifs is 1. The van der Waals surface area contributed by atoms with Crippen LogP contribution in [0.1, 0.15) is 24.2 Å². The van der Waals surface area contributed by atoms with Crippen molar-refractivity contribution in [3.8, 4) is 11.3 Å². The summed E-state index contributed by atoms with van der Waals surface area (Å²) in [6.07, 6.45) is 0.795. The second kappa shape index (κ2) is 5.64. The van der Waals surface area contributed by atoms with Crippen LogP contribution in [0.15, 0.2) is 42.5 Å². The molecule has 0 bridgehead atoms. The molecule has 3 aromatic rings. The summed E-state index contributed by atoms with van der Waals surface area (Å²) in [6.45, 7) is 4.88. The van der Waals surface area contributed by atoms with E-state index < -0.39 is 0 Å². The van der Waals surface area contributed by atoms with Crippen LogP contribution in [0.5, 0.6) is 0 Å². The van der Waals surface area contributed by atoms with Crippen LogP contribution in [0.2, 0.25) is 0 Å². The minimum absolute atomic E-state index is 0.408. The van der Waals surface area contributed by atoms with Gasteiger partial charge in [0.25, 0.3) is 0 Å². The zero-order chi connectivity index (χ0) is 15.7. The number of nitrogens with zero attached hydrogens (tertiary/aromatic N) is 2. The van der Waals surface area contributed by atoms with E-state index >= 15 is 0 Å². The summed E-state index contributed by atoms with van der Waals surface area (Å²) < 4.78 is 1.72. The van der Waals surface area contributed by atoms with Gasteiger partial charge in [-0.1, -0.05) is 50.2 Å². The van der Waals surface area contributed by atoms with Gasteiger partial charge in [-0.2, -0.15) is 5.10 Å². The molecule has 0 aliphatic heterocycles. The fourth-order valence-corrected chi connectivity index (χ4v) is 2.64. The predicted molar refractivity (Wildman–Crippen MR) is 89.8 cm³/mol. The van der Waals surface area contributed by atoms with Gasteiger partial charge in [0.1, 0.15) is 11.5 Å². The summed E-state index contributed by atoms with van der Waals surface area (Å²) in [6, 6.07) is 14.2. The summed E-state index contributed by atoms with van der Waals surface area (Å²) in [4.78, 5) is 11.5. The van der Waals surface area contributed by atoms with E-state index in [-0.39, 0.29) is 0 Å². The molecule has 2 N–H and O–H groups in total. The fraction of sp³-hybridized carbons (Fsp3) is 0.222. The van der Waals surface area contributed by atoms with Gasteiger partial charge in [0.05, 0.1) is 5.56 Å². The smallest absolute Gasteiger partial charge is 0.156 e. The summed E-state index contributed by atoms with van der Waals surface area (Å²) in [7, 11) is 0. The van der Waals surface area contributed by atoms with Gasteiger partial charge in [-0.05, 0) is 22.8 Å². The highest BCUT2D eigenvalue weighted by atomic mass is 16.1. The van der Waals surface area contributed by atoms with Gasteiger partial charge in [-0.15, -0.1) is 0 Å². The van der Waals surface area contributed by atoms with Crippen LogP contribution < -0.4 is 5.73 Å². The van der Waals surface area contributed by atoms with Crippen molar-refractivity contribution in [2.24, 2.45) is 5.92 Å². The van der Waals surface area contributed by atoms with Crippen LogP contribution >= 0.6 is 0 Å². The van der Waals surface area contributed by atoms with Crippen LogP contribution in [0.4, 0.5) is 5.82 Å². The second-order valence-corrected chi connectivity index (χ2v) is 5.90. The number of nitrogens with two attached hydrogens (primary N) is 1. The Hall–Kier alpha value is -2.62. The molecule has 112 valence electrons. The number of aromatic nitrogens is 2. The third-order valence-electron chi connectivity index (χ3n) is 3.71. The highest BCUT2D eigenvalue weighted by Gasteiger charge is 2.17. The number of aldehydes is 1. The van der Waals surface area contributed by atoms with Crippen molar-refractivity contribution in [3.63, 3.8) is 0 Å². The molecule has 0 saturated heterocycles. The van der Waals surface area contributed by atoms with Gasteiger partial charge in [0.2, 0.25) is 0 Å². The monoisotopic (exact) mass is 293 g/mol. The summed E-state index contributed by atoms with van der Waals surface area (Å²) in [5, 5.41) is 6.84. The highest BCUT2D eigenvalue weighted by molar-refractivity contribution is 5.94. The fourth-order valence-electron chi connectivity index (χ4n) is 2.64. The quantitative estimate of drug-likeness (QED) is 0.745. The van der Waals surface area contributed by atoms with Crippen LogP contribution in [-0.4, -0.2) is 16.1 Å². The van der Waals surface area contributed by atoms with Gasteiger partial charge < -0.3 is 5.73 Å². The van der Waals surface area contributed by atoms with Crippen LogP contribution in [0, 0.1) is 5.92 Å². The molecule has 0 spiro atoms. The molecule has 0 aliphatic carbocycles. The van der Waals surface area contributed by atoms with E-state index in [9.17, 15) is 4.79 Å². The Bertz CT molecular complexity index is 833. The Labute approximate surface area is 129 Å². The normalized spacial score (nSPS) is 11.2. The van der Waals surface area contributed by atoms with E-state index in [4.69, 9.17) is 5.73 Å². The molecule has 22 heavy (non-hydrogen) atoms. The minimum atomic E-state index is 0.408. The van der Waals surface area contributed by atoms with E-state index in [1.165, 1.54) is 0 Å². The minimum Gasteiger partial charge on any atom is -0.383 e. The molecule has 0 radical (unpaired) electrons. The van der Waals surface area contributed by atoms with E-state index in [0.717, 1.165) is 22.6 Å². The molecule has 4 heteroatoms. The first-order valence-electron chi connectivity index (χ1n) is 7.40. The number of rotatable bonds is 4. The van der Waals surface area contributed by atoms with Crippen molar-refractivity contribution in [2.75, 3.05) is 5.73 Å². The first-order valence-corrected chi connectivity index (χ1v) is 7.40. The molecule has 1 aromatic heterocycles. The van der Waals surface area contributed by atoms with Crippen LogP contribution in [0.25, 0.3) is 22.0 Å². The molecule has 4 nitrogen and oxygen atoms in total. The predicted octanol–water partition coefficient (Wildman–Crippen LogP) is 3.75. The average molecular weight is 293 g/mol. The zero-order valence-electron chi connectivity index (χ0n) is 12.8. The third kappa shape index (κ3) is 2.48. The SMILES string of the molecule is CC(C)Cn1nc(-c2ccc3ccccc3c2)c(C=O)c1N. The second-order valence-electron chi connectivity index (χ2n) is 5.90. The maximum atomic E-state index is 11.5. The molecular formula is C18H19N3O. The van der Waals surface area contributed by atoms with Gasteiger partial charge >= 0.3 is 0 Å². The van der Waals surface area contributed by atoms with Crippen LogP contribution in [0.3, 0.4) is 0 Å². The van der Waals surface area contributed by atoms with Crippen molar-refractivity contribution >= 4 is 22.9 Å². The van der Waals surface area contributed by atoms with Crippen molar-refractivity contribution in [3.05, 3.63) is 48.0 Å². The number of anilines is 1. The zero-order valence-corrected chi connectivity index (χ0v) is 12.8. The number of benzene rings is 2. The lowest BCUT2D eigenvalue weighted by molar-refractivity contribution is 0.112. The summed E-state index contributed by atoms with van der Waals surface area (Å²) in [5.41, 5.74) is 8.11. The lowest BCUT2D eigenvalue weighted by Crippen LogP contribution is -2.09. The van der Waals surface area contributed by atoms with Gasteiger partial charge in [-0.3, -0.25) is 4.79 Å². The van der Waals surface area contributed by atoms with Gasteiger partial charge in [0.15, 0.2) is 6.29 Å². The third-order valence-corrected chi connectivity index (χ3v) is 3.71. The van der Waals surface area contributed by atoms with E-state index in [2.05, 4.69) is 25.0 Å². The molecular weight excluding hydrogens is 274 g/mol. The Morgan fingerprint density at radius 2 is 1.91 bits per heavy atom. The van der Waals surface area contributed by atoms with Crippen molar-refractivity contribution in [1.82, 2.24) is 9.78 Å². The molecule has 2 aromatic carbocycles. The average Bonchev–Trinajstić information content (AvgIpc) is 2.82. The van der Waals surface area contributed by atoms with E-state index in [1.807, 2.05) is 36.4 Å². The Kier molecular flexibility index (Phi) is 3.67. The maximum Gasteiger partial charge on any atom is 0.156 e. The van der Waals surface area contributed by atoms with Crippen molar-refractivity contribution < 1.29 is 4.79 Å². The van der Waals surface area contributed by atoms with Crippen molar-refractivity contribution in [2.45, 2.75) is 20.4 Å². The molecule has 0 amide bonds. The lowest BCUT2D eigenvalue weighted by atomic mass is 10.0. The number of hydrogen-bond donors (Lipinski definition) is 1. The maximum absolute atomic E-state index is 11.5. The summed E-state index contributed by atoms with van der Waals surface area (Å²) in [5.74, 6) is 0.845. The Morgan fingerprint density at radius 1 is 1.18 bits per heavy atom. The number of carbonyl (C=O) groups is 1. The largest absolute Gasteiger partial charge is 0.383 e. The number of hydrogen-bond acceptors (Lipinski definition) is 3. The number of nitrogen functional groups attached to an aromatic ring is 1. The Balaban J connectivity index is 2.14. The van der Waals surface area contributed by atoms with E-state index in [0.29, 0.717) is 29.5 Å². The van der Waals surface area contributed by atoms with E-state index in [1.54, 1.807) is 4.68 Å². The topological polar surface area (TPSA) is 60.9 Å². The molecule has 0 atom stereocenters. The lowest BCUT2D eigenvalue weighted by Gasteiger charge is -2.06. The molecule has 0 unspecified atom stereocenters. The molecule has 0 saturated carbocycles. The molecule has 0 aliphatic rings. The molecule has 0 fully saturated rings. The van der Waals surface area contributed by atoms with Crippen molar-refractivity contribution in [1.29, 1.82) is 0 Å². The molecule has 1 heterocycles. The van der Waals surface area contributed by atoms with Crippen LogP contribution in [-0.2, 0) is 6.54 Å².